The van der Waals surface area contributed by atoms with E-state index in [1.807, 2.05) is 0 Å². The molecule has 1 saturated carbocycles. The number of hydrogen-bond donors (Lipinski definition) is 1. The molecule has 0 saturated heterocycles. The summed E-state index contributed by atoms with van der Waals surface area (Å²) in [7, 11) is 0. The van der Waals surface area contributed by atoms with Gasteiger partial charge in [-0.1, -0.05) is 52.5 Å². The lowest BCUT2D eigenvalue weighted by Gasteiger charge is -2.10. The molecule has 1 fully saturated rings. The van der Waals surface area contributed by atoms with E-state index in [1.165, 1.54) is 18.3 Å². The molecule has 33 heavy (non-hydrogen) atoms. The molecule has 2 atom stereocenters. The van der Waals surface area contributed by atoms with Crippen LogP contribution in [0.5, 0.6) is 0 Å². The van der Waals surface area contributed by atoms with Gasteiger partial charge >= 0.3 is 0 Å². The number of amides is 1. The van der Waals surface area contributed by atoms with Crippen LogP contribution in [-0.4, -0.2) is 21.0 Å². The summed E-state index contributed by atoms with van der Waals surface area (Å²) in [6.45, 7) is 0. The predicted octanol–water partition coefficient (Wildman–Crippen LogP) is 7.65. The number of nitrogens with zero attached hydrogens (tertiary/aromatic N) is 1. The van der Waals surface area contributed by atoms with Crippen LogP contribution in [0.15, 0.2) is 54.7 Å². The van der Waals surface area contributed by atoms with Gasteiger partial charge in [-0.3, -0.25) is 9.59 Å². The van der Waals surface area contributed by atoms with Gasteiger partial charge in [0.05, 0.1) is 10.9 Å². The third kappa shape index (κ3) is 5.27. The minimum absolute atomic E-state index is 0.0104. The Labute approximate surface area is 220 Å². The largest absolute Gasteiger partial charge is 0.326 e. The number of aromatic nitrogens is 1. The van der Waals surface area contributed by atoms with Gasteiger partial charge < -0.3 is 5.32 Å². The van der Waals surface area contributed by atoms with Crippen molar-refractivity contribution in [2.45, 2.75) is 16.7 Å². The number of anilines is 1. The van der Waals surface area contributed by atoms with Crippen molar-refractivity contribution in [1.29, 1.82) is 0 Å². The van der Waals surface area contributed by atoms with E-state index >= 15 is 0 Å². The molecule has 2 unspecified atom stereocenters. The van der Waals surface area contributed by atoms with Crippen molar-refractivity contribution in [3.05, 3.63) is 91.6 Å². The Bertz CT molecular complexity index is 1240. The first-order valence-corrected chi connectivity index (χ1v) is 11.9. The van der Waals surface area contributed by atoms with E-state index in [2.05, 4.69) is 10.3 Å². The topological polar surface area (TPSA) is 59.1 Å². The first kappa shape index (κ1) is 24.6. The molecular weight excluding hydrogens is 549 g/mol. The van der Waals surface area contributed by atoms with E-state index in [0.717, 1.165) is 0 Å². The number of ketones is 1. The minimum Gasteiger partial charge on any atom is -0.326 e. The number of nitrogens with one attached hydrogen (secondary N) is 1. The molecule has 0 aliphatic heterocycles. The van der Waals surface area contributed by atoms with E-state index in [9.17, 15) is 9.59 Å². The summed E-state index contributed by atoms with van der Waals surface area (Å²) < 4.78 is -1.32. The van der Waals surface area contributed by atoms with Crippen LogP contribution >= 0.6 is 69.6 Å². The van der Waals surface area contributed by atoms with Crippen LogP contribution < -0.4 is 5.32 Å². The van der Waals surface area contributed by atoms with Gasteiger partial charge in [0.15, 0.2) is 5.78 Å². The van der Waals surface area contributed by atoms with E-state index in [0.29, 0.717) is 26.9 Å². The first-order chi connectivity index (χ1) is 15.6. The van der Waals surface area contributed by atoms with Gasteiger partial charge in [-0.15, -0.1) is 23.2 Å². The second-order valence-electron chi connectivity index (χ2n) is 7.57. The van der Waals surface area contributed by atoms with E-state index < -0.39 is 22.1 Å². The molecule has 1 aliphatic carbocycles. The first-order valence-electron chi connectivity index (χ1n) is 9.64. The smallest absolute Gasteiger partial charge is 0.231 e. The van der Waals surface area contributed by atoms with Crippen LogP contribution in [0, 0.1) is 5.92 Å². The summed E-state index contributed by atoms with van der Waals surface area (Å²) in [6.07, 6.45) is 1.55. The molecule has 170 valence electrons. The third-order valence-electron chi connectivity index (χ3n) is 5.30. The standard InChI is InChI=1S/C23H14Cl6N2O2/c24-13-6-12(7-14(25)9-13)19-20(23(19,28)29)22(33)31-15-3-4-17(26)16(10-15)18(32)8-11-2-1-5-30-21(11)27/h1-7,9-10,19-20H,8H2,(H,31,33). The van der Waals surface area contributed by atoms with Crippen LogP contribution in [0.4, 0.5) is 5.69 Å². The predicted molar refractivity (Wildman–Crippen MR) is 134 cm³/mol. The maximum atomic E-state index is 13.0. The lowest BCUT2D eigenvalue weighted by Crippen LogP contribution is -2.17. The molecule has 1 aliphatic rings. The number of halogens is 6. The quantitative estimate of drug-likeness (QED) is 0.191. The van der Waals surface area contributed by atoms with Crippen molar-refractivity contribution in [1.82, 2.24) is 4.98 Å². The zero-order chi connectivity index (χ0) is 23.9. The molecular formula is C23H14Cl6N2O2. The fourth-order valence-electron chi connectivity index (χ4n) is 3.68. The van der Waals surface area contributed by atoms with Crippen LogP contribution in [0.3, 0.4) is 0 Å². The van der Waals surface area contributed by atoms with Gasteiger partial charge in [0.25, 0.3) is 0 Å². The number of pyridine rings is 1. The van der Waals surface area contributed by atoms with Crippen LogP contribution in [-0.2, 0) is 11.2 Å². The number of carbonyl (C=O) groups excluding carboxylic acids is 2. The Balaban J connectivity index is 1.52. The highest BCUT2D eigenvalue weighted by Gasteiger charge is 2.67. The van der Waals surface area contributed by atoms with Crippen molar-refractivity contribution in [3.8, 4) is 0 Å². The molecule has 4 nitrogen and oxygen atoms in total. The Morgan fingerprint density at radius 1 is 0.970 bits per heavy atom. The summed E-state index contributed by atoms with van der Waals surface area (Å²) in [4.78, 5) is 29.8. The van der Waals surface area contributed by atoms with Gasteiger partial charge in [-0.2, -0.15) is 0 Å². The van der Waals surface area contributed by atoms with Crippen LogP contribution in [0.25, 0.3) is 0 Å². The van der Waals surface area contributed by atoms with Crippen molar-refractivity contribution in [3.63, 3.8) is 0 Å². The number of hydrogen-bond acceptors (Lipinski definition) is 3. The van der Waals surface area contributed by atoms with E-state index in [1.54, 1.807) is 36.4 Å². The Hall–Kier alpha value is -1.53. The molecule has 10 heteroatoms. The molecule has 1 aromatic heterocycles. The lowest BCUT2D eigenvalue weighted by molar-refractivity contribution is -0.117. The summed E-state index contributed by atoms with van der Waals surface area (Å²) in [5, 5.41) is 4.09. The average molecular weight is 563 g/mol. The Morgan fingerprint density at radius 2 is 1.67 bits per heavy atom. The summed E-state index contributed by atoms with van der Waals surface area (Å²) in [5.41, 5.74) is 1.86. The van der Waals surface area contributed by atoms with Crippen molar-refractivity contribution in [2.24, 2.45) is 5.92 Å². The van der Waals surface area contributed by atoms with E-state index in [4.69, 9.17) is 69.6 Å². The molecule has 1 amide bonds. The number of alkyl halides is 2. The summed E-state index contributed by atoms with van der Waals surface area (Å²) in [6, 6.07) is 13.0. The van der Waals surface area contributed by atoms with Gasteiger partial charge in [0.1, 0.15) is 9.49 Å². The highest BCUT2D eigenvalue weighted by atomic mass is 35.5. The molecule has 1 heterocycles. The Morgan fingerprint density at radius 3 is 2.33 bits per heavy atom. The molecule has 2 aromatic carbocycles. The van der Waals surface area contributed by atoms with Crippen molar-refractivity contribution < 1.29 is 9.59 Å². The maximum absolute atomic E-state index is 13.0. The van der Waals surface area contributed by atoms with Crippen molar-refractivity contribution >= 4 is 87.0 Å². The normalized spacial score (nSPS) is 18.6. The second-order valence-corrected chi connectivity index (χ2v) is 10.7. The van der Waals surface area contributed by atoms with E-state index in [-0.39, 0.29) is 27.9 Å². The van der Waals surface area contributed by atoms with Crippen LogP contribution in [0.2, 0.25) is 20.2 Å². The molecule has 0 bridgehead atoms. The molecule has 1 N–H and O–H groups in total. The molecule has 0 radical (unpaired) electrons. The van der Waals surface area contributed by atoms with Gasteiger partial charge in [0, 0.05) is 39.8 Å². The average Bonchev–Trinajstić information content (AvgIpc) is 3.32. The van der Waals surface area contributed by atoms with Gasteiger partial charge in [0.2, 0.25) is 5.91 Å². The van der Waals surface area contributed by atoms with Gasteiger partial charge in [-0.05, 0) is 53.6 Å². The lowest BCUT2D eigenvalue weighted by atomic mass is 10.0. The monoisotopic (exact) mass is 560 g/mol. The molecule has 4 rings (SSSR count). The highest BCUT2D eigenvalue weighted by Crippen LogP contribution is 2.65. The zero-order valence-electron chi connectivity index (χ0n) is 16.6. The van der Waals surface area contributed by atoms with Crippen molar-refractivity contribution in [2.75, 3.05) is 5.32 Å². The van der Waals surface area contributed by atoms with Gasteiger partial charge in [-0.25, -0.2) is 4.98 Å². The highest BCUT2D eigenvalue weighted by molar-refractivity contribution is 6.53. The number of carbonyl (C=O) groups is 2. The number of Topliss-reactive ketones (excluding diaryl/α,β-unsaturated/α-hetero) is 1. The Kier molecular flexibility index (Phi) is 7.16. The minimum atomic E-state index is -1.32. The summed E-state index contributed by atoms with van der Waals surface area (Å²) >= 11 is 37.3. The van der Waals surface area contributed by atoms with Crippen LogP contribution in [0.1, 0.15) is 27.4 Å². The maximum Gasteiger partial charge on any atom is 0.231 e. The SMILES string of the molecule is O=C(Cc1cccnc1Cl)c1cc(NC(=O)C2C(c3cc(Cl)cc(Cl)c3)C2(Cl)Cl)ccc1Cl. The third-order valence-corrected chi connectivity index (χ3v) is 7.35. The summed E-state index contributed by atoms with van der Waals surface area (Å²) in [5.74, 6) is -1.90. The number of rotatable bonds is 6. The zero-order valence-corrected chi connectivity index (χ0v) is 21.1. The fourth-order valence-corrected chi connectivity index (χ4v) is 5.46. The molecule has 3 aromatic rings. The second kappa shape index (κ2) is 9.61. The molecule has 0 spiro atoms. The number of benzene rings is 2. The fraction of sp³-hybridized carbons (Fsp3) is 0.174.